The molecule has 0 saturated heterocycles. The Morgan fingerprint density at radius 2 is 1.85 bits per heavy atom. The molecule has 3 rings (SSSR count). The molecule has 0 spiro atoms. The van der Waals surface area contributed by atoms with Gasteiger partial charge in [0, 0.05) is 18.0 Å². The van der Waals surface area contributed by atoms with Gasteiger partial charge in [0.15, 0.2) is 3.61 Å². The van der Waals surface area contributed by atoms with Crippen LogP contribution in [0.5, 0.6) is 0 Å². The van der Waals surface area contributed by atoms with E-state index in [1.165, 1.54) is 7.11 Å². The SMILES string of the molecule is COC(=O)[C@@H](Cc1ccc(Cl)cc1)NC(=O)CC1c2ccccc2CN1C(=O)OC(C)(C)I. The van der Waals surface area contributed by atoms with E-state index in [1.807, 2.05) is 46.9 Å². The first kappa shape index (κ1) is 25.3. The number of hydrogen-bond donors (Lipinski definition) is 1. The molecule has 33 heavy (non-hydrogen) atoms. The minimum atomic E-state index is -0.867. The average molecular weight is 585 g/mol. The lowest BCUT2D eigenvalue weighted by molar-refractivity contribution is -0.145. The Labute approximate surface area is 211 Å². The van der Waals surface area contributed by atoms with Gasteiger partial charge >= 0.3 is 12.1 Å². The van der Waals surface area contributed by atoms with Crippen molar-refractivity contribution in [3.8, 4) is 0 Å². The van der Waals surface area contributed by atoms with Crippen molar-refractivity contribution in [2.24, 2.45) is 0 Å². The summed E-state index contributed by atoms with van der Waals surface area (Å²) < 4.78 is 9.74. The topological polar surface area (TPSA) is 84.9 Å². The molecule has 7 nitrogen and oxygen atoms in total. The maximum Gasteiger partial charge on any atom is 0.411 e. The van der Waals surface area contributed by atoms with Crippen LogP contribution in [0, 0.1) is 0 Å². The number of alkyl halides is 1. The van der Waals surface area contributed by atoms with E-state index < -0.39 is 27.8 Å². The Morgan fingerprint density at radius 3 is 2.48 bits per heavy atom. The van der Waals surface area contributed by atoms with E-state index in [1.54, 1.807) is 43.0 Å². The molecular formula is C24H26ClIN2O5. The van der Waals surface area contributed by atoms with Crippen LogP contribution in [0.1, 0.15) is 43.0 Å². The third kappa shape index (κ3) is 6.83. The molecule has 1 aliphatic heterocycles. The molecule has 0 saturated carbocycles. The van der Waals surface area contributed by atoms with E-state index in [0.29, 0.717) is 11.6 Å². The number of carbonyl (C=O) groups excluding carboxylic acids is 3. The maximum absolute atomic E-state index is 13.0. The predicted molar refractivity (Wildman–Crippen MR) is 133 cm³/mol. The predicted octanol–water partition coefficient (Wildman–Crippen LogP) is 4.80. The summed E-state index contributed by atoms with van der Waals surface area (Å²) in [5.41, 5.74) is 2.68. The third-order valence-electron chi connectivity index (χ3n) is 5.25. The van der Waals surface area contributed by atoms with Crippen LogP contribution in [0.3, 0.4) is 0 Å². The van der Waals surface area contributed by atoms with E-state index in [9.17, 15) is 14.4 Å². The Morgan fingerprint density at radius 1 is 1.18 bits per heavy atom. The summed E-state index contributed by atoms with van der Waals surface area (Å²) in [6.45, 7) is 3.92. The number of esters is 1. The monoisotopic (exact) mass is 584 g/mol. The molecule has 2 amide bonds. The molecule has 0 aliphatic carbocycles. The Hall–Kier alpha value is -2.33. The molecule has 1 aliphatic rings. The summed E-state index contributed by atoms with van der Waals surface area (Å²) in [6, 6.07) is 13.3. The lowest BCUT2D eigenvalue weighted by Gasteiger charge is -2.28. The summed E-state index contributed by atoms with van der Waals surface area (Å²) >= 11 is 7.98. The van der Waals surface area contributed by atoms with Gasteiger partial charge in [-0.05, 0) is 65.3 Å². The molecule has 1 N–H and O–H groups in total. The fourth-order valence-corrected chi connectivity index (χ4v) is 4.08. The Bertz CT molecular complexity index is 1020. The second-order valence-electron chi connectivity index (χ2n) is 8.25. The first-order chi connectivity index (χ1) is 15.6. The highest BCUT2D eigenvalue weighted by atomic mass is 127. The summed E-state index contributed by atoms with van der Waals surface area (Å²) in [4.78, 5) is 39.8. The van der Waals surface area contributed by atoms with E-state index in [4.69, 9.17) is 21.1 Å². The number of fused-ring (bicyclic) bond motifs is 1. The number of benzene rings is 2. The van der Waals surface area contributed by atoms with Crippen LogP contribution >= 0.6 is 34.2 Å². The first-order valence-electron chi connectivity index (χ1n) is 10.5. The van der Waals surface area contributed by atoms with Crippen LogP contribution in [-0.4, -0.2) is 39.6 Å². The molecule has 0 fully saturated rings. The number of methoxy groups -OCH3 is 1. The molecule has 176 valence electrons. The lowest BCUT2D eigenvalue weighted by atomic mass is 10.0. The molecule has 0 bridgehead atoms. The smallest absolute Gasteiger partial charge is 0.411 e. The minimum Gasteiger partial charge on any atom is -0.467 e. The minimum absolute atomic E-state index is 0.0120. The second kappa shape index (κ2) is 10.7. The molecule has 1 unspecified atom stereocenters. The number of amides is 2. The van der Waals surface area contributed by atoms with Crippen LogP contribution in [0.4, 0.5) is 4.79 Å². The maximum atomic E-state index is 13.0. The third-order valence-corrected chi connectivity index (χ3v) is 5.72. The van der Waals surface area contributed by atoms with Crippen LogP contribution in [0.15, 0.2) is 48.5 Å². The number of halogens is 2. The van der Waals surface area contributed by atoms with Crippen molar-refractivity contribution < 1.29 is 23.9 Å². The highest BCUT2D eigenvalue weighted by Gasteiger charge is 2.38. The van der Waals surface area contributed by atoms with Crippen molar-refractivity contribution in [3.63, 3.8) is 0 Å². The van der Waals surface area contributed by atoms with Crippen LogP contribution in [0.25, 0.3) is 0 Å². The second-order valence-corrected chi connectivity index (χ2v) is 11.3. The van der Waals surface area contributed by atoms with Gasteiger partial charge in [0.25, 0.3) is 0 Å². The number of rotatable bonds is 7. The van der Waals surface area contributed by atoms with E-state index in [0.717, 1.165) is 16.7 Å². The van der Waals surface area contributed by atoms with E-state index in [2.05, 4.69) is 5.32 Å². The van der Waals surface area contributed by atoms with Crippen LogP contribution in [-0.2, 0) is 32.0 Å². The summed E-state index contributed by atoms with van der Waals surface area (Å²) in [6.07, 6.45) is -0.248. The highest BCUT2D eigenvalue weighted by Crippen LogP contribution is 2.37. The lowest BCUT2D eigenvalue weighted by Crippen LogP contribution is -2.44. The van der Waals surface area contributed by atoms with Crippen LogP contribution < -0.4 is 5.32 Å². The van der Waals surface area contributed by atoms with Crippen molar-refractivity contribution in [1.82, 2.24) is 10.2 Å². The van der Waals surface area contributed by atoms with Gasteiger partial charge in [-0.2, -0.15) is 0 Å². The van der Waals surface area contributed by atoms with Gasteiger partial charge in [-0.1, -0.05) is 48.0 Å². The number of hydrogen-bond acceptors (Lipinski definition) is 5. The fraction of sp³-hybridized carbons (Fsp3) is 0.375. The first-order valence-corrected chi connectivity index (χ1v) is 11.9. The Balaban J connectivity index is 1.76. The standard InChI is InChI=1S/C24H26ClIN2O5/c1-24(2,26)33-23(31)28-14-16-6-4-5-7-18(16)20(28)13-21(29)27-19(22(30)32-3)12-15-8-10-17(25)11-9-15/h4-11,19-20H,12-14H2,1-3H3,(H,27,29)/t19-,20?/m1/s1. The average Bonchev–Trinajstić information content (AvgIpc) is 3.11. The zero-order chi connectivity index (χ0) is 24.2. The molecule has 0 radical (unpaired) electrons. The van der Waals surface area contributed by atoms with Gasteiger partial charge in [0.05, 0.1) is 19.6 Å². The molecule has 2 aromatic rings. The van der Waals surface area contributed by atoms with Gasteiger partial charge in [-0.25, -0.2) is 9.59 Å². The summed E-state index contributed by atoms with van der Waals surface area (Å²) in [7, 11) is 1.28. The number of carbonyl (C=O) groups is 3. The van der Waals surface area contributed by atoms with Gasteiger partial charge in [0.2, 0.25) is 5.91 Å². The summed E-state index contributed by atoms with van der Waals surface area (Å²) in [5, 5.41) is 3.35. The molecule has 0 aromatic heterocycles. The van der Waals surface area contributed by atoms with Crippen molar-refractivity contribution >= 4 is 52.2 Å². The largest absolute Gasteiger partial charge is 0.467 e. The van der Waals surface area contributed by atoms with Crippen molar-refractivity contribution in [1.29, 1.82) is 0 Å². The quantitative estimate of drug-likeness (QED) is 0.287. The number of ether oxygens (including phenoxy) is 2. The zero-order valence-corrected chi connectivity index (χ0v) is 21.6. The molecule has 1 heterocycles. The molecule has 2 aromatic carbocycles. The van der Waals surface area contributed by atoms with Crippen molar-refractivity contribution in [2.75, 3.05) is 7.11 Å². The highest BCUT2D eigenvalue weighted by molar-refractivity contribution is 14.1. The molecular weight excluding hydrogens is 559 g/mol. The van der Waals surface area contributed by atoms with Crippen molar-refractivity contribution in [3.05, 3.63) is 70.2 Å². The molecule has 2 atom stereocenters. The fourth-order valence-electron chi connectivity index (χ4n) is 3.76. The molecule has 9 heteroatoms. The Kier molecular flexibility index (Phi) is 8.23. The normalized spacial score (nSPS) is 16.0. The van der Waals surface area contributed by atoms with Gasteiger partial charge in [0.1, 0.15) is 6.04 Å². The van der Waals surface area contributed by atoms with Gasteiger partial charge in [-0.15, -0.1) is 0 Å². The van der Waals surface area contributed by atoms with E-state index >= 15 is 0 Å². The van der Waals surface area contributed by atoms with Crippen LogP contribution in [0.2, 0.25) is 5.02 Å². The summed E-state index contributed by atoms with van der Waals surface area (Å²) in [5.74, 6) is -0.916. The van der Waals surface area contributed by atoms with Gasteiger partial charge < -0.3 is 14.8 Å². The van der Waals surface area contributed by atoms with Crippen molar-refractivity contribution in [2.45, 2.75) is 48.9 Å². The number of nitrogens with one attached hydrogen (secondary N) is 1. The van der Waals surface area contributed by atoms with E-state index in [-0.39, 0.29) is 18.7 Å². The van der Waals surface area contributed by atoms with Gasteiger partial charge in [-0.3, -0.25) is 9.69 Å². The number of nitrogens with zero attached hydrogens (tertiary/aromatic N) is 1. The zero-order valence-electron chi connectivity index (χ0n) is 18.6.